The Morgan fingerprint density at radius 1 is 1.07 bits per heavy atom. The quantitative estimate of drug-likeness (QED) is 0.359. The van der Waals surface area contributed by atoms with E-state index in [0.29, 0.717) is 43.1 Å². The molecule has 2 aromatic carbocycles. The van der Waals surface area contributed by atoms with Gasteiger partial charge in [0, 0.05) is 63.1 Å². The molecule has 10 nitrogen and oxygen atoms in total. The zero-order valence-electron chi connectivity index (χ0n) is 24.4. The van der Waals surface area contributed by atoms with Gasteiger partial charge < -0.3 is 34.1 Å². The first-order valence-corrected chi connectivity index (χ1v) is 14.3. The minimum absolute atomic E-state index is 0.0350. The number of methoxy groups -OCH3 is 2. The van der Waals surface area contributed by atoms with E-state index >= 15 is 0 Å². The lowest BCUT2D eigenvalue weighted by atomic mass is 9.99. The fourth-order valence-electron chi connectivity index (χ4n) is 5.92. The molecule has 1 aromatic heterocycles. The van der Waals surface area contributed by atoms with Crippen LogP contribution in [-0.4, -0.2) is 84.7 Å². The molecule has 1 fully saturated rings. The third kappa shape index (κ3) is 5.88. The van der Waals surface area contributed by atoms with E-state index in [4.69, 9.17) is 9.47 Å². The van der Waals surface area contributed by atoms with Gasteiger partial charge in [0.2, 0.25) is 0 Å². The Labute approximate surface area is 241 Å². The van der Waals surface area contributed by atoms with Gasteiger partial charge in [-0.25, -0.2) is 4.98 Å². The zero-order chi connectivity index (χ0) is 28.9. The number of hydrogen-bond donors (Lipinski definition) is 1. The summed E-state index contributed by atoms with van der Waals surface area (Å²) >= 11 is 0. The Morgan fingerprint density at radius 3 is 2.54 bits per heavy atom. The molecule has 3 heterocycles. The minimum Gasteiger partial charge on any atom is -0.493 e. The predicted molar refractivity (Wildman–Crippen MR) is 158 cm³/mol. The molecule has 1 saturated heterocycles. The molecule has 0 unspecified atom stereocenters. The predicted octanol–water partition coefficient (Wildman–Crippen LogP) is 3.49. The highest BCUT2D eigenvalue weighted by Gasteiger charge is 2.36. The average Bonchev–Trinajstić information content (AvgIpc) is 3.59. The van der Waals surface area contributed by atoms with E-state index in [1.165, 1.54) is 0 Å². The summed E-state index contributed by atoms with van der Waals surface area (Å²) in [7, 11) is 5.03. The van der Waals surface area contributed by atoms with Crippen LogP contribution in [0.2, 0.25) is 0 Å². The van der Waals surface area contributed by atoms with Crippen LogP contribution in [0.4, 0.5) is 5.69 Å². The molecular formula is C31H40N6O4. The number of carbonyl (C=O) groups excluding carboxylic acids is 2. The lowest BCUT2D eigenvalue weighted by molar-refractivity contribution is 0.0687. The first kappa shape index (κ1) is 28.5. The highest BCUT2D eigenvalue weighted by atomic mass is 16.5. The van der Waals surface area contributed by atoms with Gasteiger partial charge in [0.1, 0.15) is 5.69 Å². The molecule has 2 aliphatic rings. The lowest BCUT2D eigenvalue weighted by Gasteiger charge is -2.36. The second kappa shape index (κ2) is 12.6. The third-order valence-corrected chi connectivity index (χ3v) is 8.29. The van der Waals surface area contributed by atoms with Crippen LogP contribution in [0.1, 0.15) is 57.8 Å². The average molecular weight is 561 g/mol. The molecule has 218 valence electrons. The summed E-state index contributed by atoms with van der Waals surface area (Å²) in [6.45, 7) is 8.23. The number of piperazine rings is 1. The standard InChI is InChI=1S/C31H40N6O4/c1-5-35-14-16-36(17-15-35)26-9-6-8-23-24(26)20-37(31(23)39)25(22-11-12-28(40-3)29(18-22)41-4)10-7-13-33-30(38)27-19-32-21-34(27)2/h6,8-9,11-12,18-19,21,25H,5,7,10,13-17,20H2,1-4H3,(H,33,38)/t25-/m1/s1. The molecule has 10 heteroatoms. The number of nitrogens with zero attached hydrogens (tertiary/aromatic N) is 5. The van der Waals surface area contributed by atoms with Crippen LogP contribution < -0.4 is 19.7 Å². The molecule has 0 spiro atoms. The number of nitrogens with one attached hydrogen (secondary N) is 1. The van der Waals surface area contributed by atoms with Crippen molar-refractivity contribution in [3.63, 3.8) is 0 Å². The molecule has 0 aliphatic carbocycles. The molecule has 0 bridgehead atoms. The number of rotatable bonds is 11. The van der Waals surface area contributed by atoms with Gasteiger partial charge >= 0.3 is 0 Å². The van der Waals surface area contributed by atoms with Gasteiger partial charge in [0.05, 0.1) is 32.8 Å². The molecule has 0 saturated carbocycles. The van der Waals surface area contributed by atoms with Gasteiger partial charge in [-0.2, -0.15) is 0 Å². The fraction of sp³-hybridized carbons (Fsp3) is 0.452. The Kier molecular flexibility index (Phi) is 8.78. The SMILES string of the molecule is CCN1CCN(c2cccc3c2CN([C@H](CCCNC(=O)c2cncn2C)c2ccc(OC)c(OC)c2)C3=O)CC1. The number of ether oxygens (including phenoxy) is 2. The van der Waals surface area contributed by atoms with Crippen LogP contribution in [0.3, 0.4) is 0 Å². The second-order valence-corrected chi connectivity index (χ2v) is 10.6. The lowest BCUT2D eigenvalue weighted by Crippen LogP contribution is -2.46. The number of likely N-dealkylation sites (N-methyl/N-ethyl adjacent to an activating group) is 1. The number of carbonyl (C=O) groups is 2. The summed E-state index contributed by atoms with van der Waals surface area (Å²) in [5, 5.41) is 2.99. The molecule has 41 heavy (non-hydrogen) atoms. The summed E-state index contributed by atoms with van der Waals surface area (Å²) < 4.78 is 12.8. The maximum Gasteiger partial charge on any atom is 0.269 e. The fourth-order valence-corrected chi connectivity index (χ4v) is 5.92. The number of benzene rings is 2. The molecular weight excluding hydrogens is 520 g/mol. The van der Waals surface area contributed by atoms with Crippen LogP contribution in [0.25, 0.3) is 0 Å². The van der Waals surface area contributed by atoms with E-state index in [1.807, 2.05) is 35.2 Å². The summed E-state index contributed by atoms with van der Waals surface area (Å²) in [5.74, 6) is 1.14. The van der Waals surface area contributed by atoms with Crippen LogP contribution in [0.5, 0.6) is 11.5 Å². The number of fused-ring (bicyclic) bond motifs is 1. The molecule has 5 rings (SSSR count). The summed E-state index contributed by atoms with van der Waals surface area (Å²) in [4.78, 5) is 37.4. The smallest absolute Gasteiger partial charge is 0.269 e. The van der Waals surface area contributed by atoms with Crippen molar-refractivity contribution in [2.45, 2.75) is 32.4 Å². The normalized spacial score (nSPS) is 16.0. The van der Waals surface area contributed by atoms with Gasteiger partial charge in [-0.15, -0.1) is 0 Å². The monoisotopic (exact) mass is 560 g/mol. The van der Waals surface area contributed by atoms with Gasteiger partial charge in [-0.1, -0.05) is 19.1 Å². The van der Waals surface area contributed by atoms with Gasteiger partial charge in [-0.3, -0.25) is 9.59 Å². The van der Waals surface area contributed by atoms with E-state index < -0.39 is 0 Å². The van der Waals surface area contributed by atoms with E-state index in [2.05, 4.69) is 33.1 Å². The Bertz CT molecular complexity index is 1380. The first-order chi connectivity index (χ1) is 19.9. The maximum absolute atomic E-state index is 13.9. The number of anilines is 1. The first-order valence-electron chi connectivity index (χ1n) is 14.3. The highest BCUT2D eigenvalue weighted by Crippen LogP contribution is 2.40. The molecule has 0 radical (unpaired) electrons. The Hall–Kier alpha value is -4.05. The second-order valence-electron chi connectivity index (χ2n) is 10.6. The largest absolute Gasteiger partial charge is 0.493 e. The summed E-state index contributed by atoms with van der Waals surface area (Å²) in [6, 6.07) is 11.7. The Balaban J connectivity index is 1.37. The molecule has 1 N–H and O–H groups in total. The number of aryl methyl sites for hydroxylation is 1. The molecule has 1 atom stereocenters. The van der Waals surface area contributed by atoms with Crippen LogP contribution in [0, 0.1) is 0 Å². The summed E-state index contributed by atoms with van der Waals surface area (Å²) in [5.41, 5.74) is 4.51. The summed E-state index contributed by atoms with van der Waals surface area (Å²) in [6.07, 6.45) is 4.53. The van der Waals surface area contributed by atoms with Crippen LogP contribution in [-0.2, 0) is 13.6 Å². The Morgan fingerprint density at radius 2 is 1.85 bits per heavy atom. The topological polar surface area (TPSA) is 92.2 Å². The zero-order valence-corrected chi connectivity index (χ0v) is 24.4. The van der Waals surface area contributed by atoms with Crippen LogP contribution >= 0.6 is 0 Å². The number of amides is 2. The van der Waals surface area contributed by atoms with Gasteiger partial charge in [0.15, 0.2) is 11.5 Å². The van der Waals surface area contributed by atoms with E-state index in [9.17, 15) is 9.59 Å². The van der Waals surface area contributed by atoms with Gasteiger partial charge in [0.25, 0.3) is 11.8 Å². The van der Waals surface area contributed by atoms with E-state index in [0.717, 1.165) is 55.1 Å². The molecule has 3 aromatic rings. The maximum atomic E-state index is 13.9. The van der Waals surface area contributed by atoms with Crippen molar-refractivity contribution in [3.05, 3.63) is 71.3 Å². The number of hydrogen-bond acceptors (Lipinski definition) is 7. The van der Waals surface area contributed by atoms with Crippen molar-refractivity contribution in [3.8, 4) is 11.5 Å². The minimum atomic E-state index is -0.201. The van der Waals surface area contributed by atoms with Crippen molar-refractivity contribution < 1.29 is 19.1 Å². The van der Waals surface area contributed by atoms with Crippen molar-refractivity contribution in [1.29, 1.82) is 0 Å². The third-order valence-electron chi connectivity index (χ3n) is 8.29. The number of imidazole rings is 1. The van der Waals surface area contributed by atoms with Crippen molar-refractivity contribution >= 4 is 17.5 Å². The molecule has 2 amide bonds. The van der Waals surface area contributed by atoms with Crippen molar-refractivity contribution in [2.75, 3.05) is 58.4 Å². The van der Waals surface area contributed by atoms with Crippen molar-refractivity contribution in [2.24, 2.45) is 7.05 Å². The van der Waals surface area contributed by atoms with E-state index in [-0.39, 0.29) is 17.9 Å². The number of aromatic nitrogens is 2. The van der Waals surface area contributed by atoms with Gasteiger partial charge in [-0.05, 0) is 49.2 Å². The molecule has 2 aliphatic heterocycles. The van der Waals surface area contributed by atoms with E-state index in [1.54, 1.807) is 38.4 Å². The van der Waals surface area contributed by atoms with Crippen molar-refractivity contribution in [1.82, 2.24) is 24.7 Å². The van der Waals surface area contributed by atoms with Crippen LogP contribution in [0.15, 0.2) is 48.9 Å². The highest BCUT2D eigenvalue weighted by molar-refractivity contribution is 6.00.